The van der Waals surface area contributed by atoms with Gasteiger partial charge in [-0.15, -0.1) is 11.3 Å². The Morgan fingerprint density at radius 3 is 2.55 bits per heavy atom. The lowest BCUT2D eigenvalue weighted by Gasteiger charge is -2.15. The lowest BCUT2D eigenvalue weighted by molar-refractivity contribution is -0.122. The van der Waals surface area contributed by atoms with Crippen molar-refractivity contribution in [2.75, 3.05) is 5.73 Å². The van der Waals surface area contributed by atoms with Gasteiger partial charge in [-0.2, -0.15) is 0 Å². The van der Waals surface area contributed by atoms with Gasteiger partial charge in [-0.3, -0.25) is 4.79 Å². The maximum atomic E-state index is 12.1. The number of carbonyl (C=O) groups excluding carboxylic acids is 1. The molecule has 1 aromatic carbocycles. The van der Waals surface area contributed by atoms with Crippen molar-refractivity contribution < 1.29 is 4.79 Å². The van der Waals surface area contributed by atoms with Crippen molar-refractivity contribution in [3.8, 4) is 0 Å². The number of anilines is 1. The molecule has 3 nitrogen and oxygen atoms in total. The molecule has 1 heterocycles. The molecule has 0 aliphatic rings. The highest BCUT2D eigenvalue weighted by molar-refractivity contribution is 7.10. The van der Waals surface area contributed by atoms with Gasteiger partial charge < -0.3 is 11.1 Å². The van der Waals surface area contributed by atoms with Crippen molar-refractivity contribution in [1.29, 1.82) is 0 Å². The molecule has 1 aromatic heterocycles. The van der Waals surface area contributed by atoms with Crippen LogP contribution in [0.1, 0.15) is 42.7 Å². The number of benzene rings is 1. The zero-order chi connectivity index (χ0) is 14.5. The summed E-state index contributed by atoms with van der Waals surface area (Å²) in [6.07, 6.45) is 0.486. The van der Waals surface area contributed by atoms with Gasteiger partial charge in [0.15, 0.2) is 0 Å². The molecule has 106 valence electrons. The molecule has 0 spiro atoms. The largest absolute Gasteiger partial charge is 0.399 e. The molecule has 0 aliphatic carbocycles. The quantitative estimate of drug-likeness (QED) is 0.824. The molecule has 2 rings (SSSR count). The first kappa shape index (κ1) is 14.6. The molecular formula is C16H20N2OS. The zero-order valence-corrected chi connectivity index (χ0v) is 12.6. The molecule has 4 heteroatoms. The number of hydrogen-bond acceptors (Lipinski definition) is 3. The predicted octanol–water partition coefficient (Wildman–Crippen LogP) is 3.70. The highest BCUT2D eigenvalue weighted by Crippen LogP contribution is 2.22. The van der Waals surface area contributed by atoms with Gasteiger partial charge in [-0.25, -0.2) is 0 Å². The van der Waals surface area contributed by atoms with Crippen LogP contribution in [0.2, 0.25) is 0 Å². The Morgan fingerprint density at radius 1 is 1.25 bits per heavy atom. The van der Waals surface area contributed by atoms with E-state index < -0.39 is 0 Å². The molecule has 2 atom stereocenters. The number of hydrogen-bond donors (Lipinski definition) is 2. The van der Waals surface area contributed by atoms with E-state index in [2.05, 4.69) is 12.2 Å². The van der Waals surface area contributed by atoms with Crippen LogP contribution in [0.3, 0.4) is 0 Å². The summed E-state index contributed by atoms with van der Waals surface area (Å²) < 4.78 is 0. The average molecular weight is 288 g/mol. The summed E-state index contributed by atoms with van der Waals surface area (Å²) in [5, 5.41) is 5.06. The Labute approximate surface area is 123 Å². The number of nitrogens with two attached hydrogens (primary N) is 1. The molecule has 0 bridgehead atoms. The Bertz CT molecular complexity index is 548. The minimum Gasteiger partial charge on any atom is -0.399 e. The Hall–Kier alpha value is -1.81. The summed E-state index contributed by atoms with van der Waals surface area (Å²) in [7, 11) is 0. The van der Waals surface area contributed by atoms with Crippen molar-refractivity contribution in [2.45, 2.75) is 32.2 Å². The lowest BCUT2D eigenvalue weighted by Crippen LogP contribution is -2.27. The minimum atomic E-state index is 0.0705. The fraction of sp³-hybridized carbons (Fsp3) is 0.312. The SMILES string of the molecule is CC(CC(=O)N[C@H](C)c1cccs1)c1ccc(N)cc1. The highest BCUT2D eigenvalue weighted by atomic mass is 32.1. The second kappa shape index (κ2) is 6.57. The topological polar surface area (TPSA) is 55.1 Å². The van der Waals surface area contributed by atoms with Gasteiger partial charge in [0.05, 0.1) is 6.04 Å². The Balaban J connectivity index is 1.89. The van der Waals surface area contributed by atoms with Gasteiger partial charge in [-0.05, 0) is 42.0 Å². The summed E-state index contributed by atoms with van der Waals surface area (Å²) in [5.41, 5.74) is 7.55. The van der Waals surface area contributed by atoms with Crippen LogP contribution in [0, 0.1) is 0 Å². The molecule has 3 N–H and O–H groups in total. The standard InChI is InChI=1S/C16H20N2OS/c1-11(13-5-7-14(17)8-6-13)10-16(19)18-12(2)15-4-3-9-20-15/h3-9,11-12H,10,17H2,1-2H3,(H,18,19)/t11?,12-/m1/s1. The predicted molar refractivity (Wildman–Crippen MR) is 84.8 cm³/mol. The van der Waals surface area contributed by atoms with E-state index in [1.54, 1.807) is 11.3 Å². The third-order valence-corrected chi connectivity index (χ3v) is 4.40. The molecule has 0 saturated heterocycles. The summed E-state index contributed by atoms with van der Waals surface area (Å²) in [5.74, 6) is 0.265. The van der Waals surface area contributed by atoms with E-state index in [-0.39, 0.29) is 17.9 Å². The normalized spacial score (nSPS) is 13.7. The molecule has 20 heavy (non-hydrogen) atoms. The number of amides is 1. The first-order valence-electron chi connectivity index (χ1n) is 6.74. The van der Waals surface area contributed by atoms with Crippen LogP contribution in [0.15, 0.2) is 41.8 Å². The number of nitrogen functional groups attached to an aromatic ring is 1. The molecular weight excluding hydrogens is 268 g/mol. The average Bonchev–Trinajstić information content (AvgIpc) is 2.93. The van der Waals surface area contributed by atoms with Crippen LogP contribution in [0.4, 0.5) is 5.69 Å². The molecule has 0 saturated carbocycles. The van der Waals surface area contributed by atoms with Crippen LogP contribution >= 0.6 is 11.3 Å². The van der Waals surface area contributed by atoms with Gasteiger partial charge in [0.25, 0.3) is 0 Å². The van der Waals surface area contributed by atoms with Gasteiger partial charge in [0.1, 0.15) is 0 Å². The fourth-order valence-corrected chi connectivity index (χ4v) is 2.86. The van der Waals surface area contributed by atoms with E-state index in [0.717, 1.165) is 11.3 Å². The van der Waals surface area contributed by atoms with Gasteiger partial charge in [-0.1, -0.05) is 25.1 Å². The van der Waals surface area contributed by atoms with Gasteiger partial charge in [0, 0.05) is 17.0 Å². The van der Waals surface area contributed by atoms with Crippen LogP contribution in [0.5, 0.6) is 0 Å². The van der Waals surface area contributed by atoms with Crippen LogP contribution in [0.25, 0.3) is 0 Å². The third-order valence-electron chi connectivity index (χ3n) is 3.34. The van der Waals surface area contributed by atoms with Crippen molar-refractivity contribution in [2.24, 2.45) is 0 Å². The van der Waals surface area contributed by atoms with Gasteiger partial charge in [0.2, 0.25) is 5.91 Å². The van der Waals surface area contributed by atoms with E-state index in [1.165, 1.54) is 4.88 Å². The summed E-state index contributed by atoms with van der Waals surface area (Å²) >= 11 is 1.66. The van der Waals surface area contributed by atoms with E-state index in [1.807, 2.05) is 48.7 Å². The van der Waals surface area contributed by atoms with Crippen molar-refractivity contribution in [3.63, 3.8) is 0 Å². The molecule has 0 aliphatic heterocycles. The van der Waals surface area contributed by atoms with E-state index in [9.17, 15) is 4.79 Å². The second-order valence-corrected chi connectivity index (χ2v) is 6.06. The minimum absolute atomic E-state index is 0.0705. The Kier molecular flexibility index (Phi) is 4.79. The highest BCUT2D eigenvalue weighted by Gasteiger charge is 2.14. The summed E-state index contributed by atoms with van der Waals surface area (Å²) in [4.78, 5) is 13.2. The monoisotopic (exact) mass is 288 g/mol. The maximum absolute atomic E-state index is 12.1. The van der Waals surface area contributed by atoms with Crippen LogP contribution < -0.4 is 11.1 Å². The van der Waals surface area contributed by atoms with Crippen LogP contribution in [-0.2, 0) is 4.79 Å². The van der Waals surface area contributed by atoms with Crippen molar-refractivity contribution in [3.05, 3.63) is 52.2 Å². The second-order valence-electron chi connectivity index (χ2n) is 5.08. The number of rotatable bonds is 5. The van der Waals surface area contributed by atoms with Crippen molar-refractivity contribution in [1.82, 2.24) is 5.32 Å². The first-order chi connectivity index (χ1) is 9.56. The number of carbonyl (C=O) groups is 1. The molecule has 1 unspecified atom stereocenters. The smallest absolute Gasteiger partial charge is 0.221 e. The van der Waals surface area contributed by atoms with E-state index in [4.69, 9.17) is 5.73 Å². The van der Waals surface area contributed by atoms with E-state index >= 15 is 0 Å². The molecule has 0 radical (unpaired) electrons. The molecule has 2 aromatic rings. The maximum Gasteiger partial charge on any atom is 0.221 e. The number of thiophene rings is 1. The first-order valence-corrected chi connectivity index (χ1v) is 7.62. The Morgan fingerprint density at radius 2 is 1.95 bits per heavy atom. The fourth-order valence-electron chi connectivity index (χ4n) is 2.13. The molecule has 0 fully saturated rings. The molecule has 1 amide bonds. The van der Waals surface area contributed by atoms with Crippen LogP contribution in [-0.4, -0.2) is 5.91 Å². The lowest BCUT2D eigenvalue weighted by atomic mass is 9.97. The van der Waals surface area contributed by atoms with E-state index in [0.29, 0.717) is 6.42 Å². The van der Waals surface area contributed by atoms with Gasteiger partial charge >= 0.3 is 0 Å². The third kappa shape index (κ3) is 3.84. The zero-order valence-electron chi connectivity index (χ0n) is 11.8. The number of nitrogens with one attached hydrogen (secondary N) is 1. The summed E-state index contributed by atoms with van der Waals surface area (Å²) in [6, 6.07) is 11.8. The van der Waals surface area contributed by atoms with Crippen molar-refractivity contribution >= 4 is 22.9 Å². The summed E-state index contributed by atoms with van der Waals surface area (Å²) in [6.45, 7) is 4.07.